The number of hydrogen-bond acceptors (Lipinski definition) is 3. The van der Waals surface area contributed by atoms with Gasteiger partial charge in [0.05, 0.1) is 13.2 Å². The van der Waals surface area contributed by atoms with Crippen LogP contribution >= 0.6 is 0 Å². The molecule has 0 spiro atoms. The molecular weight excluding hydrogens is 224 g/mol. The molecule has 1 unspecified atom stereocenters. The second-order valence-electron chi connectivity index (χ2n) is 5.83. The first-order valence-electron chi connectivity index (χ1n) is 7.29. The standard InChI is InChI=1S/C15H30N2O/c1-12(2)11-18-9-8-17-15(10-16)14-6-4-13(3)5-7-14/h13-15,17H,1,4-11,16H2,2-3H3. The van der Waals surface area contributed by atoms with Gasteiger partial charge in [-0.3, -0.25) is 0 Å². The van der Waals surface area contributed by atoms with E-state index in [4.69, 9.17) is 10.5 Å². The highest BCUT2D eigenvalue weighted by Crippen LogP contribution is 2.30. The van der Waals surface area contributed by atoms with Gasteiger partial charge in [0.2, 0.25) is 0 Å². The Morgan fingerprint density at radius 1 is 1.39 bits per heavy atom. The fraction of sp³-hybridized carbons (Fsp3) is 0.867. The fourth-order valence-electron chi connectivity index (χ4n) is 2.69. The SMILES string of the molecule is C=C(C)COCCNC(CN)C1CCC(C)CC1. The zero-order chi connectivity index (χ0) is 13.4. The molecule has 1 aliphatic rings. The zero-order valence-electron chi connectivity index (χ0n) is 12.1. The van der Waals surface area contributed by atoms with E-state index in [1.807, 2.05) is 6.92 Å². The predicted molar refractivity (Wildman–Crippen MR) is 77.6 cm³/mol. The van der Waals surface area contributed by atoms with Crippen LogP contribution in [0.25, 0.3) is 0 Å². The fourth-order valence-corrected chi connectivity index (χ4v) is 2.69. The zero-order valence-corrected chi connectivity index (χ0v) is 12.1. The van der Waals surface area contributed by atoms with Gasteiger partial charge in [0, 0.05) is 19.1 Å². The van der Waals surface area contributed by atoms with E-state index in [0.29, 0.717) is 12.6 Å². The van der Waals surface area contributed by atoms with Crippen LogP contribution in [-0.2, 0) is 4.74 Å². The van der Waals surface area contributed by atoms with Crippen molar-refractivity contribution in [3.8, 4) is 0 Å². The molecule has 0 amide bonds. The smallest absolute Gasteiger partial charge is 0.0672 e. The van der Waals surface area contributed by atoms with E-state index in [9.17, 15) is 0 Å². The minimum Gasteiger partial charge on any atom is -0.376 e. The molecule has 18 heavy (non-hydrogen) atoms. The Hall–Kier alpha value is -0.380. The van der Waals surface area contributed by atoms with Crippen LogP contribution in [-0.4, -0.2) is 32.3 Å². The lowest BCUT2D eigenvalue weighted by Crippen LogP contribution is -2.44. The van der Waals surface area contributed by atoms with Crippen molar-refractivity contribution in [3.63, 3.8) is 0 Å². The lowest BCUT2D eigenvalue weighted by Gasteiger charge is -2.32. The van der Waals surface area contributed by atoms with Crippen LogP contribution in [0.2, 0.25) is 0 Å². The molecule has 0 aromatic carbocycles. The minimum absolute atomic E-state index is 0.464. The van der Waals surface area contributed by atoms with Crippen LogP contribution in [0.5, 0.6) is 0 Å². The Labute approximate surface area is 112 Å². The molecule has 0 aliphatic heterocycles. The van der Waals surface area contributed by atoms with Gasteiger partial charge in [-0.25, -0.2) is 0 Å². The molecule has 0 aromatic heterocycles. The third-order valence-corrected chi connectivity index (χ3v) is 3.88. The highest BCUT2D eigenvalue weighted by atomic mass is 16.5. The van der Waals surface area contributed by atoms with Crippen molar-refractivity contribution in [1.82, 2.24) is 5.32 Å². The van der Waals surface area contributed by atoms with Gasteiger partial charge in [-0.1, -0.05) is 31.9 Å². The maximum atomic E-state index is 5.88. The van der Waals surface area contributed by atoms with E-state index in [-0.39, 0.29) is 0 Å². The number of hydrogen-bond donors (Lipinski definition) is 2. The maximum absolute atomic E-state index is 5.88. The highest BCUT2D eigenvalue weighted by molar-refractivity contribution is 4.87. The van der Waals surface area contributed by atoms with Crippen molar-refractivity contribution < 1.29 is 4.74 Å². The number of ether oxygens (including phenoxy) is 1. The number of nitrogens with one attached hydrogen (secondary N) is 1. The lowest BCUT2D eigenvalue weighted by atomic mass is 9.79. The van der Waals surface area contributed by atoms with E-state index in [2.05, 4.69) is 18.8 Å². The second-order valence-corrected chi connectivity index (χ2v) is 5.83. The Morgan fingerprint density at radius 3 is 2.61 bits per heavy atom. The normalized spacial score (nSPS) is 25.9. The van der Waals surface area contributed by atoms with Crippen LogP contribution in [0.4, 0.5) is 0 Å². The molecule has 106 valence electrons. The summed E-state index contributed by atoms with van der Waals surface area (Å²) in [6.07, 6.45) is 5.36. The molecule has 1 aliphatic carbocycles. The summed E-state index contributed by atoms with van der Waals surface area (Å²) < 4.78 is 5.49. The van der Waals surface area contributed by atoms with Crippen molar-refractivity contribution in [3.05, 3.63) is 12.2 Å². The van der Waals surface area contributed by atoms with E-state index in [0.717, 1.165) is 37.1 Å². The summed E-state index contributed by atoms with van der Waals surface area (Å²) in [5.41, 5.74) is 6.96. The summed E-state index contributed by atoms with van der Waals surface area (Å²) in [6, 6.07) is 0.464. The lowest BCUT2D eigenvalue weighted by molar-refractivity contribution is 0.148. The molecule has 3 nitrogen and oxygen atoms in total. The van der Waals surface area contributed by atoms with E-state index in [1.54, 1.807) is 0 Å². The molecular formula is C15H30N2O. The highest BCUT2D eigenvalue weighted by Gasteiger charge is 2.24. The topological polar surface area (TPSA) is 47.3 Å². The van der Waals surface area contributed by atoms with Gasteiger partial charge in [0.15, 0.2) is 0 Å². The first kappa shape index (κ1) is 15.7. The molecule has 1 fully saturated rings. The third-order valence-electron chi connectivity index (χ3n) is 3.88. The number of rotatable bonds is 8. The van der Waals surface area contributed by atoms with Crippen LogP contribution in [0.1, 0.15) is 39.5 Å². The van der Waals surface area contributed by atoms with Crippen molar-refractivity contribution in [2.75, 3.05) is 26.3 Å². The van der Waals surface area contributed by atoms with Gasteiger partial charge >= 0.3 is 0 Å². The molecule has 0 radical (unpaired) electrons. The average molecular weight is 254 g/mol. The third kappa shape index (κ3) is 5.98. The Morgan fingerprint density at radius 2 is 2.06 bits per heavy atom. The predicted octanol–water partition coefficient (Wildman–Crippen LogP) is 2.32. The van der Waals surface area contributed by atoms with Crippen LogP contribution < -0.4 is 11.1 Å². The quantitative estimate of drug-likeness (QED) is 0.516. The second kappa shape index (κ2) is 8.68. The van der Waals surface area contributed by atoms with E-state index < -0.39 is 0 Å². The van der Waals surface area contributed by atoms with Gasteiger partial charge in [-0.2, -0.15) is 0 Å². The first-order valence-corrected chi connectivity index (χ1v) is 7.29. The van der Waals surface area contributed by atoms with Crippen molar-refractivity contribution >= 4 is 0 Å². The summed E-state index contributed by atoms with van der Waals surface area (Å²) >= 11 is 0. The summed E-state index contributed by atoms with van der Waals surface area (Å²) in [6.45, 7) is 11.2. The monoisotopic (exact) mass is 254 g/mol. The summed E-state index contributed by atoms with van der Waals surface area (Å²) in [5.74, 6) is 1.66. The summed E-state index contributed by atoms with van der Waals surface area (Å²) in [7, 11) is 0. The number of nitrogens with two attached hydrogens (primary N) is 1. The van der Waals surface area contributed by atoms with Gasteiger partial charge in [0.1, 0.15) is 0 Å². The van der Waals surface area contributed by atoms with Crippen molar-refractivity contribution in [2.24, 2.45) is 17.6 Å². The molecule has 0 heterocycles. The van der Waals surface area contributed by atoms with Crippen molar-refractivity contribution in [2.45, 2.75) is 45.6 Å². The summed E-state index contributed by atoms with van der Waals surface area (Å²) in [4.78, 5) is 0. The molecule has 0 aromatic rings. The Bertz CT molecular complexity index is 235. The van der Waals surface area contributed by atoms with E-state index >= 15 is 0 Å². The van der Waals surface area contributed by atoms with Crippen LogP contribution in [0.15, 0.2) is 12.2 Å². The molecule has 1 rings (SSSR count). The average Bonchev–Trinajstić information content (AvgIpc) is 2.35. The first-order chi connectivity index (χ1) is 8.63. The molecule has 0 saturated heterocycles. The Kier molecular flexibility index (Phi) is 7.56. The maximum Gasteiger partial charge on any atom is 0.0672 e. The molecule has 1 atom stereocenters. The molecule has 1 saturated carbocycles. The van der Waals surface area contributed by atoms with Gasteiger partial charge < -0.3 is 15.8 Å². The summed E-state index contributed by atoms with van der Waals surface area (Å²) in [5, 5.41) is 3.55. The van der Waals surface area contributed by atoms with Crippen molar-refractivity contribution in [1.29, 1.82) is 0 Å². The van der Waals surface area contributed by atoms with Gasteiger partial charge in [0.25, 0.3) is 0 Å². The molecule has 3 heteroatoms. The molecule has 0 bridgehead atoms. The molecule has 3 N–H and O–H groups in total. The van der Waals surface area contributed by atoms with Gasteiger partial charge in [-0.15, -0.1) is 0 Å². The van der Waals surface area contributed by atoms with Crippen LogP contribution in [0, 0.1) is 11.8 Å². The van der Waals surface area contributed by atoms with Crippen LogP contribution in [0.3, 0.4) is 0 Å². The van der Waals surface area contributed by atoms with E-state index in [1.165, 1.54) is 25.7 Å². The largest absolute Gasteiger partial charge is 0.376 e. The minimum atomic E-state index is 0.464. The Balaban J connectivity index is 2.15. The van der Waals surface area contributed by atoms with Gasteiger partial charge in [-0.05, 0) is 31.6 Å².